The summed E-state index contributed by atoms with van der Waals surface area (Å²) in [6, 6.07) is 0. The van der Waals surface area contributed by atoms with E-state index < -0.39 is 0 Å². The van der Waals surface area contributed by atoms with Crippen molar-refractivity contribution in [2.45, 2.75) is 19.8 Å². The molecule has 0 aromatic heterocycles. The molecule has 0 aliphatic carbocycles. The van der Waals surface area contributed by atoms with Crippen LogP contribution in [0.5, 0.6) is 0 Å². The van der Waals surface area contributed by atoms with E-state index in [-0.39, 0.29) is 64.8 Å². The molecule has 0 unspecified atom stereocenters. The predicted molar refractivity (Wildman–Crippen MR) is 19.8 cm³/mol. The molecule has 0 aliphatic heterocycles. The normalized spacial score (nSPS) is 7.00. The van der Waals surface area contributed by atoms with E-state index in [1.807, 2.05) is 6.92 Å². The van der Waals surface area contributed by atoms with Gasteiger partial charge in [0.1, 0.15) is 0 Å². The fourth-order valence-corrected chi connectivity index (χ4v) is 0.144. The maximum absolute atomic E-state index is 9.53. The largest absolute Gasteiger partial charge is 1.00 e. The third-order valence-electron chi connectivity index (χ3n) is 0.498. The van der Waals surface area contributed by atoms with Gasteiger partial charge in [0.15, 0.2) is 0 Å². The summed E-state index contributed by atoms with van der Waals surface area (Å²) < 4.78 is 0. The minimum atomic E-state index is 0. The van der Waals surface area contributed by atoms with Crippen molar-refractivity contribution in [1.29, 1.82) is 0 Å². The van der Waals surface area contributed by atoms with Crippen molar-refractivity contribution in [3.63, 3.8) is 0 Å². The van der Waals surface area contributed by atoms with Gasteiger partial charge in [0.25, 0.3) is 0 Å². The summed E-state index contributed by atoms with van der Waals surface area (Å²) in [5.74, 6) is 0. The second kappa shape index (κ2) is 9.90. The zero-order valence-corrected chi connectivity index (χ0v) is 9.45. The van der Waals surface area contributed by atoms with Gasteiger partial charge in [-0.15, -0.1) is 6.61 Å². The van der Waals surface area contributed by atoms with Gasteiger partial charge in [-0.1, -0.05) is 19.8 Å². The van der Waals surface area contributed by atoms with Crippen molar-refractivity contribution >= 4 is 0 Å². The molecule has 2 heteroatoms. The van der Waals surface area contributed by atoms with E-state index in [0.29, 0.717) is 0 Å². The minimum Gasteiger partial charge on any atom is -0.854 e. The van der Waals surface area contributed by atoms with Crippen molar-refractivity contribution < 1.29 is 63.3 Å². The Bertz CT molecular complexity index is 15.0. The van der Waals surface area contributed by atoms with Crippen molar-refractivity contribution in [1.82, 2.24) is 0 Å². The second-order valence-electron chi connectivity index (χ2n) is 1.06. The smallest absolute Gasteiger partial charge is 0.854 e. The zero-order valence-electron chi connectivity index (χ0n) is 4.53. The van der Waals surface area contributed by atoms with Gasteiger partial charge < -0.3 is 5.11 Å². The van der Waals surface area contributed by atoms with Crippen LogP contribution in [0.2, 0.25) is 0 Å². The van der Waals surface area contributed by atoms with Gasteiger partial charge in [-0.2, -0.15) is 0 Å². The van der Waals surface area contributed by atoms with Gasteiger partial charge in [-0.05, 0) is 0 Å². The maximum atomic E-state index is 9.53. The van der Waals surface area contributed by atoms with Crippen LogP contribution in [0, 0.1) is 0 Å². The van der Waals surface area contributed by atoms with Crippen molar-refractivity contribution in [2.75, 3.05) is 6.61 Å². The van der Waals surface area contributed by atoms with Gasteiger partial charge in [-0.3, -0.25) is 0 Å². The Morgan fingerprint density at radius 3 is 2.00 bits per heavy atom. The van der Waals surface area contributed by atoms with Gasteiger partial charge >= 0.3 is 58.2 Å². The van der Waals surface area contributed by atoms with Gasteiger partial charge in [-0.25, -0.2) is 0 Å². The first-order chi connectivity index (χ1) is 2.41. The molecule has 32 valence electrons. The van der Waals surface area contributed by atoms with Crippen LogP contribution in [0.25, 0.3) is 0 Å². The Kier molecular flexibility index (Phi) is 17.6. The summed E-state index contributed by atoms with van der Waals surface area (Å²) in [5.41, 5.74) is 0. The second-order valence-corrected chi connectivity index (χ2v) is 1.06. The quantitative estimate of drug-likeness (QED) is 0.425. The standard InChI is InChI=1S/C4H9O.Rb/c1-2-3-4-5;/h2-4H2,1H3;/q-1;+1. The summed E-state index contributed by atoms with van der Waals surface area (Å²) in [7, 11) is 0. The fraction of sp³-hybridized carbons (Fsp3) is 1.00. The molecule has 0 spiro atoms. The minimum absolute atomic E-state index is 0. The molecule has 0 saturated heterocycles. The Hall–Kier alpha value is 1.77. The molecule has 1 nitrogen and oxygen atoms in total. The number of rotatable bonds is 2. The molecule has 0 amide bonds. The Morgan fingerprint density at radius 2 is 2.00 bits per heavy atom. The molecule has 0 atom stereocenters. The number of hydrogen-bond donors (Lipinski definition) is 0. The van der Waals surface area contributed by atoms with E-state index in [9.17, 15) is 5.11 Å². The topological polar surface area (TPSA) is 23.1 Å². The van der Waals surface area contributed by atoms with Crippen LogP contribution in [-0.4, -0.2) is 6.61 Å². The van der Waals surface area contributed by atoms with Crippen molar-refractivity contribution in [3.05, 3.63) is 0 Å². The average molecular weight is 159 g/mol. The molecule has 0 aromatic carbocycles. The summed E-state index contributed by atoms with van der Waals surface area (Å²) >= 11 is 0. The van der Waals surface area contributed by atoms with Crippen LogP contribution in [0.3, 0.4) is 0 Å². The third-order valence-corrected chi connectivity index (χ3v) is 0.498. The molecule has 0 aliphatic rings. The molecule has 0 N–H and O–H groups in total. The molecule has 0 saturated carbocycles. The molecule has 0 rings (SSSR count). The summed E-state index contributed by atoms with van der Waals surface area (Å²) in [6.07, 6.45) is 1.86. The average Bonchev–Trinajstić information content (AvgIpc) is 1.41. The monoisotopic (exact) mass is 158 g/mol. The van der Waals surface area contributed by atoms with Crippen LogP contribution >= 0.6 is 0 Å². The molecule has 0 bridgehead atoms. The first-order valence-electron chi connectivity index (χ1n) is 2.00. The molecular formula is C4H9ORb. The fourth-order valence-electron chi connectivity index (χ4n) is 0.144. The van der Waals surface area contributed by atoms with E-state index >= 15 is 0 Å². The molecular weight excluding hydrogens is 150 g/mol. The molecule has 0 radical (unpaired) electrons. The van der Waals surface area contributed by atoms with Crippen molar-refractivity contribution in [3.8, 4) is 0 Å². The van der Waals surface area contributed by atoms with Gasteiger partial charge in [0, 0.05) is 0 Å². The van der Waals surface area contributed by atoms with Gasteiger partial charge in [0.05, 0.1) is 0 Å². The molecule has 6 heavy (non-hydrogen) atoms. The predicted octanol–water partition coefficient (Wildman–Crippen LogP) is -2.85. The summed E-state index contributed by atoms with van der Waals surface area (Å²) in [5, 5.41) is 9.53. The Balaban J connectivity index is 0. The number of unbranched alkanes of at least 4 members (excludes halogenated alkanes) is 1. The van der Waals surface area contributed by atoms with Crippen LogP contribution in [0.15, 0.2) is 0 Å². The first-order valence-corrected chi connectivity index (χ1v) is 2.00. The number of hydrogen-bond acceptors (Lipinski definition) is 1. The van der Waals surface area contributed by atoms with Crippen molar-refractivity contribution in [2.24, 2.45) is 0 Å². The molecule has 0 heterocycles. The Morgan fingerprint density at radius 1 is 1.50 bits per heavy atom. The van der Waals surface area contributed by atoms with Crippen LogP contribution in [-0.2, 0) is 0 Å². The molecule has 0 aromatic rings. The SMILES string of the molecule is CCCC[O-].[Rb+]. The van der Waals surface area contributed by atoms with E-state index in [1.54, 1.807) is 0 Å². The van der Waals surface area contributed by atoms with E-state index in [1.165, 1.54) is 0 Å². The maximum Gasteiger partial charge on any atom is 1.00 e. The van der Waals surface area contributed by atoms with Crippen LogP contribution < -0.4 is 63.3 Å². The third kappa shape index (κ3) is 9.23. The van der Waals surface area contributed by atoms with Crippen LogP contribution in [0.1, 0.15) is 19.8 Å². The van der Waals surface area contributed by atoms with Gasteiger partial charge in [0.2, 0.25) is 0 Å². The van der Waals surface area contributed by atoms with E-state index in [4.69, 9.17) is 0 Å². The summed E-state index contributed by atoms with van der Waals surface area (Å²) in [4.78, 5) is 0. The molecule has 0 fully saturated rings. The van der Waals surface area contributed by atoms with E-state index in [0.717, 1.165) is 12.8 Å². The van der Waals surface area contributed by atoms with Crippen LogP contribution in [0.4, 0.5) is 0 Å². The summed E-state index contributed by atoms with van der Waals surface area (Å²) in [6.45, 7) is 2.11. The zero-order chi connectivity index (χ0) is 4.12. The first kappa shape index (κ1) is 10.7. The Labute approximate surface area is 87.9 Å². The van der Waals surface area contributed by atoms with E-state index in [2.05, 4.69) is 0 Å².